The molecular formula is C19H18N2O4. The first-order valence-corrected chi connectivity index (χ1v) is 7.70. The number of anilines is 1. The van der Waals surface area contributed by atoms with Crippen molar-refractivity contribution in [3.63, 3.8) is 0 Å². The van der Waals surface area contributed by atoms with Gasteiger partial charge in [-0.2, -0.15) is 0 Å². The second kappa shape index (κ2) is 6.68. The number of carbonyl (C=O) groups excluding carboxylic acids is 2. The van der Waals surface area contributed by atoms with E-state index in [2.05, 4.69) is 5.43 Å². The summed E-state index contributed by atoms with van der Waals surface area (Å²) in [7, 11) is 3.11. The van der Waals surface area contributed by atoms with E-state index in [0.29, 0.717) is 22.7 Å². The normalized spacial score (nSPS) is 15.5. The number of amides is 2. The van der Waals surface area contributed by atoms with Crippen LogP contribution in [0.1, 0.15) is 11.1 Å². The van der Waals surface area contributed by atoms with Gasteiger partial charge in [-0.25, -0.2) is 5.01 Å². The van der Waals surface area contributed by atoms with Crippen molar-refractivity contribution in [3.8, 4) is 11.5 Å². The Morgan fingerprint density at radius 2 is 1.72 bits per heavy atom. The minimum absolute atomic E-state index is 0.0479. The van der Waals surface area contributed by atoms with Crippen molar-refractivity contribution in [2.75, 3.05) is 19.2 Å². The maximum absolute atomic E-state index is 12.6. The topological polar surface area (TPSA) is 67.9 Å². The number of benzene rings is 2. The lowest BCUT2D eigenvalue weighted by atomic mass is 10.0. The smallest absolute Gasteiger partial charge is 0.282 e. The van der Waals surface area contributed by atoms with Gasteiger partial charge in [-0.3, -0.25) is 15.0 Å². The lowest BCUT2D eigenvalue weighted by Crippen LogP contribution is -2.35. The first-order valence-electron chi connectivity index (χ1n) is 7.70. The highest BCUT2D eigenvalue weighted by atomic mass is 16.5. The minimum Gasteiger partial charge on any atom is -0.496 e. The summed E-state index contributed by atoms with van der Waals surface area (Å²) in [5, 5.41) is 1.23. The van der Waals surface area contributed by atoms with E-state index in [-0.39, 0.29) is 5.57 Å². The maximum atomic E-state index is 12.6. The van der Waals surface area contributed by atoms with E-state index >= 15 is 0 Å². The Bertz CT molecular complexity index is 859. The molecule has 25 heavy (non-hydrogen) atoms. The van der Waals surface area contributed by atoms with Gasteiger partial charge in [0.2, 0.25) is 0 Å². The van der Waals surface area contributed by atoms with E-state index in [9.17, 15) is 9.59 Å². The van der Waals surface area contributed by atoms with Crippen molar-refractivity contribution in [1.29, 1.82) is 0 Å². The van der Waals surface area contributed by atoms with Crippen LogP contribution in [0.3, 0.4) is 0 Å². The molecule has 1 saturated heterocycles. The van der Waals surface area contributed by atoms with Gasteiger partial charge in [0, 0.05) is 11.1 Å². The first-order chi connectivity index (χ1) is 12.1. The molecule has 1 N–H and O–H groups in total. The quantitative estimate of drug-likeness (QED) is 0.687. The second-order valence-corrected chi connectivity index (χ2v) is 5.49. The summed E-state index contributed by atoms with van der Waals surface area (Å²) in [6, 6.07) is 12.5. The number of methoxy groups -OCH3 is 2. The van der Waals surface area contributed by atoms with Gasteiger partial charge in [-0.05, 0) is 37.3 Å². The van der Waals surface area contributed by atoms with Gasteiger partial charge in [0.05, 0.1) is 19.9 Å². The van der Waals surface area contributed by atoms with Gasteiger partial charge in [0.1, 0.15) is 17.1 Å². The molecule has 128 valence electrons. The number of rotatable bonds is 4. The van der Waals surface area contributed by atoms with Crippen LogP contribution in [0, 0.1) is 6.92 Å². The predicted molar refractivity (Wildman–Crippen MR) is 94.3 cm³/mol. The summed E-state index contributed by atoms with van der Waals surface area (Å²) < 4.78 is 10.7. The third kappa shape index (κ3) is 2.94. The minimum atomic E-state index is -0.454. The molecule has 1 aliphatic heterocycles. The lowest BCUT2D eigenvalue weighted by Gasteiger charge is -2.14. The van der Waals surface area contributed by atoms with Crippen LogP contribution in [0.2, 0.25) is 0 Å². The molecule has 1 aliphatic rings. The highest BCUT2D eigenvalue weighted by Gasteiger charge is 2.34. The number of carbonyl (C=O) groups is 2. The van der Waals surface area contributed by atoms with Gasteiger partial charge in [0.25, 0.3) is 11.8 Å². The van der Waals surface area contributed by atoms with E-state index in [4.69, 9.17) is 9.47 Å². The Balaban J connectivity index is 2.01. The molecule has 2 amide bonds. The van der Waals surface area contributed by atoms with E-state index in [1.807, 2.05) is 13.0 Å². The molecule has 0 radical (unpaired) electrons. The van der Waals surface area contributed by atoms with Crippen molar-refractivity contribution >= 4 is 23.6 Å². The van der Waals surface area contributed by atoms with Crippen LogP contribution in [0.25, 0.3) is 6.08 Å². The molecule has 0 saturated carbocycles. The molecule has 0 aliphatic carbocycles. The van der Waals surface area contributed by atoms with Crippen LogP contribution >= 0.6 is 0 Å². The summed E-state index contributed by atoms with van der Waals surface area (Å²) in [5.41, 5.74) is 4.65. The fourth-order valence-electron chi connectivity index (χ4n) is 2.77. The molecule has 0 atom stereocenters. The Kier molecular flexibility index (Phi) is 4.43. The van der Waals surface area contributed by atoms with Crippen molar-refractivity contribution in [2.45, 2.75) is 6.92 Å². The Morgan fingerprint density at radius 1 is 1.00 bits per heavy atom. The molecular weight excluding hydrogens is 320 g/mol. The average molecular weight is 338 g/mol. The second-order valence-electron chi connectivity index (χ2n) is 5.49. The standard InChI is InChI=1S/C19H18N2O4/c1-12-16(24-2)10-9-13(17(12)25-3)11-15-18(22)20-21(19(15)23)14-7-5-4-6-8-14/h4-11H,1-3H3,(H,20,22). The van der Waals surface area contributed by atoms with Crippen LogP contribution in [-0.4, -0.2) is 26.0 Å². The van der Waals surface area contributed by atoms with Crippen LogP contribution in [0.5, 0.6) is 11.5 Å². The SMILES string of the molecule is COc1ccc(C=C2C(=O)NN(c3ccccc3)C2=O)c(OC)c1C. The van der Waals surface area contributed by atoms with E-state index < -0.39 is 11.8 Å². The molecule has 6 nitrogen and oxygen atoms in total. The molecule has 2 aromatic carbocycles. The zero-order chi connectivity index (χ0) is 18.0. The van der Waals surface area contributed by atoms with Gasteiger partial charge in [-0.15, -0.1) is 0 Å². The summed E-state index contributed by atoms with van der Waals surface area (Å²) in [6.45, 7) is 1.85. The third-order valence-electron chi connectivity index (χ3n) is 4.02. The first kappa shape index (κ1) is 16.6. The van der Waals surface area contributed by atoms with Crippen molar-refractivity contribution in [1.82, 2.24) is 5.43 Å². The summed E-state index contributed by atoms with van der Waals surface area (Å²) in [6.07, 6.45) is 1.53. The predicted octanol–water partition coefficient (Wildman–Crippen LogP) is 2.47. The van der Waals surface area contributed by atoms with Crippen LogP contribution in [-0.2, 0) is 9.59 Å². The summed E-state index contributed by atoms with van der Waals surface area (Å²) in [5.74, 6) is 0.369. The molecule has 0 aromatic heterocycles. The van der Waals surface area contributed by atoms with Gasteiger partial charge in [0.15, 0.2) is 0 Å². The van der Waals surface area contributed by atoms with Crippen LogP contribution < -0.4 is 19.9 Å². The molecule has 0 unspecified atom stereocenters. The Morgan fingerprint density at radius 3 is 2.36 bits per heavy atom. The fourth-order valence-corrected chi connectivity index (χ4v) is 2.77. The zero-order valence-electron chi connectivity index (χ0n) is 14.2. The van der Waals surface area contributed by atoms with Crippen molar-refractivity contribution < 1.29 is 19.1 Å². The summed E-state index contributed by atoms with van der Waals surface area (Å²) >= 11 is 0. The third-order valence-corrected chi connectivity index (χ3v) is 4.02. The Hall–Kier alpha value is -3.28. The highest BCUT2D eigenvalue weighted by Crippen LogP contribution is 2.33. The number of hydrogen-bond acceptors (Lipinski definition) is 4. The largest absolute Gasteiger partial charge is 0.496 e. The average Bonchev–Trinajstić information content (AvgIpc) is 2.91. The maximum Gasteiger partial charge on any atom is 0.282 e. The Labute approximate surface area is 145 Å². The van der Waals surface area contributed by atoms with Gasteiger partial charge >= 0.3 is 0 Å². The molecule has 1 fully saturated rings. The summed E-state index contributed by atoms with van der Waals surface area (Å²) in [4.78, 5) is 24.9. The lowest BCUT2D eigenvalue weighted by molar-refractivity contribution is -0.117. The van der Waals surface area contributed by atoms with Crippen molar-refractivity contribution in [3.05, 3.63) is 59.2 Å². The van der Waals surface area contributed by atoms with Gasteiger partial charge < -0.3 is 9.47 Å². The molecule has 3 rings (SSSR count). The number of hydrogen-bond donors (Lipinski definition) is 1. The highest BCUT2D eigenvalue weighted by molar-refractivity contribution is 6.31. The number of nitrogens with zero attached hydrogens (tertiary/aromatic N) is 1. The van der Waals surface area contributed by atoms with Crippen molar-refractivity contribution in [2.24, 2.45) is 0 Å². The molecule has 1 heterocycles. The van der Waals surface area contributed by atoms with Gasteiger partial charge in [-0.1, -0.05) is 18.2 Å². The van der Waals surface area contributed by atoms with Crippen LogP contribution in [0.15, 0.2) is 48.0 Å². The molecule has 0 bridgehead atoms. The molecule has 2 aromatic rings. The number of para-hydroxylation sites is 1. The zero-order valence-corrected chi connectivity index (χ0v) is 14.2. The number of ether oxygens (including phenoxy) is 2. The monoisotopic (exact) mass is 338 g/mol. The number of nitrogens with one attached hydrogen (secondary N) is 1. The van der Waals surface area contributed by atoms with Crippen LogP contribution in [0.4, 0.5) is 5.69 Å². The fraction of sp³-hybridized carbons (Fsp3) is 0.158. The van der Waals surface area contributed by atoms with E-state index in [0.717, 1.165) is 5.56 Å². The molecule has 0 spiro atoms. The molecule has 6 heteroatoms. The number of hydrazine groups is 1. The van der Waals surface area contributed by atoms with E-state index in [1.165, 1.54) is 18.2 Å². The van der Waals surface area contributed by atoms with E-state index in [1.54, 1.807) is 43.5 Å².